The zero-order valence-corrected chi connectivity index (χ0v) is 63.2. The van der Waals surface area contributed by atoms with Crippen LogP contribution in [0.4, 0.5) is 0 Å². The maximum Gasteiger partial charge on any atom is 0.0478 e. The number of fused-ring (bicyclic) bond motifs is 4. The van der Waals surface area contributed by atoms with Crippen LogP contribution in [-0.4, -0.2) is 43.2 Å². The standard InChI is InChI=1S/4C15H21Si.2C2H6Si.2ClH.2Zr/c4*1-11-8-14-12(2)6-7-13(15(14)9-11)10-16(3,4)5;2*1-3-2;;;;/h4*6-9H,10H2,1-5H3;2*1-2H3;2*1H;;/q4*-1;;;;;2*+2/p-2. The summed E-state index contributed by atoms with van der Waals surface area (Å²) in [5.74, 6) is 0. The number of aryl methyl sites for hydroxylation is 8. The van der Waals surface area contributed by atoms with E-state index >= 15 is 0 Å². The fourth-order valence-electron chi connectivity index (χ4n) is 9.50. The minimum Gasteiger partial charge on any atom is -1.00 e. The zero-order chi connectivity index (χ0) is 54.8. The van der Waals surface area contributed by atoms with Gasteiger partial charge in [0.05, 0.1) is 0 Å². The Morgan fingerprint density at radius 3 is 0.608 bits per heavy atom. The summed E-state index contributed by atoms with van der Waals surface area (Å²) in [6.45, 7) is 56.1. The molecule has 10 heteroatoms. The average Bonchev–Trinajstić information content (AvgIpc) is 4.00. The van der Waals surface area contributed by atoms with Gasteiger partial charge in [-0.15, -0.1) is 136 Å². The monoisotopic (exact) mass is 1280 g/mol. The van der Waals surface area contributed by atoms with Gasteiger partial charge in [0.15, 0.2) is 0 Å². The van der Waals surface area contributed by atoms with Crippen LogP contribution in [-0.2, 0) is 70.8 Å². The summed E-state index contributed by atoms with van der Waals surface area (Å²) in [7, 11) is -4.09. The normalized spacial score (nSPS) is 11.4. The van der Waals surface area contributed by atoms with Gasteiger partial charge in [-0.3, -0.25) is 0 Å². The maximum absolute atomic E-state index is 2.44. The summed E-state index contributed by atoms with van der Waals surface area (Å²) in [5.41, 5.74) is 17.8. The second-order valence-electron chi connectivity index (χ2n) is 26.6. The van der Waals surface area contributed by atoms with E-state index in [2.05, 4.69) is 257 Å². The molecule has 0 bridgehead atoms. The predicted octanol–water partition coefficient (Wildman–Crippen LogP) is 14.0. The van der Waals surface area contributed by atoms with E-state index < -0.39 is 32.3 Å². The van der Waals surface area contributed by atoms with Crippen LogP contribution in [0, 0.1) is 55.4 Å². The first kappa shape index (κ1) is 71.0. The van der Waals surface area contributed by atoms with Crippen LogP contribution < -0.4 is 24.8 Å². The van der Waals surface area contributed by atoms with Crippen molar-refractivity contribution >= 4 is 86.3 Å². The van der Waals surface area contributed by atoms with E-state index in [1.807, 2.05) is 0 Å². The van der Waals surface area contributed by atoms with Crippen LogP contribution >= 0.6 is 0 Å². The molecule has 0 unspecified atom stereocenters. The number of rotatable bonds is 8. The molecule has 8 aromatic rings. The second-order valence-corrected chi connectivity index (χ2v) is 67.2. The first-order valence-electron chi connectivity index (χ1n) is 26.6. The minimum absolute atomic E-state index is 0. The third kappa shape index (κ3) is 24.5. The third-order valence-corrected chi connectivity index (χ3v) is 18.0. The average molecular weight is 1290 g/mol. The van der Waals surface area contributed by atoms with E-state index in [0.717, 1.165) is 0 Å². The molecule has 0 fully saturated rings. The maximum atomic E-state index is 2.44. The molecule has 0 heterocycles. The van der Waals surface area contributed by atoms with Crippen molar-refractivity contribution in [3.8, 4) is 0 Å². The molecule has 0 saturated heterocycles. The van der Waals surface area contributed by atoms with Crippen LogP contribution in [0.15, 0.2) is 97.1 Å². The summed E-state index contributed by atoms with van der Waals surface area (Å²) in [5, 5.41) is 11.8. The van der Waals surface area contributed by atoms with Crippen LogP contribution in [0.25, 0.3) is 43.1 Å². The Hall–Kier alpha value is -1.03. The van der Waals surface area contributed by atoms with Gasteiger partial charge in [0.1, 0.15) is 0 Å². The Morgan fingerprint density at radius 1 is 0.324 bits per heavy atom. The Bertz CT molecular complexity index is 2660. The van der Waals surface area contributed by atoms with Gasteiger partial charge in [-0.2, -0.15) is 24.3 Å². The molecule has 8 rings (SSSR count). The van der Waals surface area contributed by atoms with E-state index in [0.29, 0.717) is 0 Å². The van der Waals surface area contributed by atoms with Crippen LogP contribution in [0.3, 0.4) is 0 Å². The summed E-state index contributed by atoms with van der Waals surface area (Å²) in [6, 6.07) is 42.2. The smallest absolute Gasteiger partial charge is 0.0478 e. The molecule has 0 nitrogen and oxygen atoms in total. The number of halogens is 2. The molecular weight excluding hydrogens is 1190 g/mol. The van der Waals surface area contributed by atoms with Gasteiger partial charge in [0.2, 0.25) is 0 Å². The first-order valence-corrected chi connectivity index (χ1v) is 53.8. The topological polar surface area (TPSA) is 0 Å². The van der Waals surface area contributed by atoms with Crippen molar-refractivity contribution in [2.45, 2.75) is 184 Å². The third-order valence-electron chi connectivity index (χ3n) is 12.2. The van der Waals surface area contributed by atoms with Crippen molar-refractivity contribution in [2.24, 2.45) is 0 Å². The molecule has 0 aromatic heterocycles. The summed E-state index contributed by atoms with van der Waals surface area (Å²) in [4.78, 5) is 0. The molecular formula is C64H96Cl2Si6Zr2-2. The Kier molecular flexibility index (Phi) is 29.3. The van der Waals surface area contributed by atoms with Crippen molar-refractivity contribution < 1.29 is 71.5 Å². The van der Waals surface area contributed by atoms with E-state index in [4.69, 9.17) is 0 Å². The Morgan fingerprint density at radius 2 is 0.473 bits per heavy atom. The van der Waals surface area contributed by atoms with Gasteiger partial charge in [0, 0.05) is 32.3 Å². The largest absolute Gasteiger partial charge is 1.00 e. The molecule has 0 N–H and O–H groups in total. The number of hydrogen-bond acceptors (Lipinski definition) is 0. The first-order chi connectivity index (χ1) is 32.9. The minimum atomic E-state index is -1.02. The fourth-order valence-corrected chi connectivity index (χ4v) is 15.3. The molecule has 0 atom stereocenters. The molecule has 0 saturated carbocycles. The molecule has 400 valence electrons. The molecule has 74 heavy (non-hydrogen) atoms. The molecule has 0 radical (unpaired) electrons. The van der Waals surface area contributed by atoms with Crippen molar-refractivity contribution in [3.05, 3.63) is 164 Å². The number of benzene rings is 4. The van der Waals surface area contributed by atoms with Crippen molar-refractivity contribution in [1.29, 1.82) is 0 Å². The molecule has 0 spiro atoms. The SMILES string of the molecule is C[Si](C)=[Zr+2].C[Si](C)=[Zr+2].Cc1cc2c(C[Si](C)(C)C)ccc(C)c2[cH-]1.Cc1cc2c(C[Si](C)(C)C)ccc(C)c2[cH-]1.Cc1cc2c(C[Si](C)(C)C)ccc(C)c2[cH-]1.Cc1cc2c(C[Si](C)(C)C)ccc(C)c2[cH-]1.[Cl-].[Cl-]. The zero-order valence-electron chi connectivity index (χ0n) is 50.8. The van der Waals surface area contributed by atoms with Gasteiger partial charge < -0.3 is 24.8 Å². The number of hydrogen-bond donors (Lipinski definition) is 0. The van der Waals surface area contributed by atoms with Crippen molar-refractivity contribution in [2.75, 3.05) is 0 Å². The van der Waals surface area contributed by atoms with Crippen LogP contribution in [0.5, 0.6) is 0 Å². The molecule has 0 aliphatic carbocycles. The predicted molar refractivity (Wildman–Crippen MR) is 339 cm³/mol. The van der Waals surface area contributed by atoms with Gasteiger partial charge in [-0.25, -0.2) is 0 Å². The molecule has 8 aromatic carbocycles. The summed E-state index contributed by atoms with van der Waals surface area (Å²) >= 11 is 3.48. The summed E-state index contributed by atoms with van der Waals surface area (Å²) < 4.78 is 0. The van der Waals surface area contributed by atoms with E-state index in [1.165, 1.54) is 112 Å². The van der Waals surface area contributed by atoms with Crippen molar-refractivity contribution in [3.63, 3.8) is 0 Å². The van der Waals surface area contributed by atoms with Crippen LogP contribution in [0.2, 0.25) is 105 Å². The van der Waals surface area contributed by atoms with Gasteiger partial charge in [-0.05, 0) is 24.2 Å². The molecule has 0 aliphatic heterocycles. The van der Waals surface area contributed by atoms with E-state index in [1.54, 1.807) is 68.9 Å². The fraction of sp³-hybridized carbons (Fsp3) is 0.438. The van der Waals surface area contributed by atoms with E-state index in [-0.39, 0.29) is 35.7 Å². The quantitative estimate of drug-likeness (QED) is 0.105. The van der Waals surface area contributed by atoms with Gasteiger partial charge >= 0.3 is 83.7 Å². The Balaban J connectivity index is 0.000000466. The molecule has 0 aliphatic rings. The second kappa shape index (κ2) is 30.5. The summed E-state index contributed by atoms with van der Waals surface area (Å²) in [6.07, 6.45) is 0. The van der Waals surface area contributed by atoms with E-state index in [9.17, 15) is 0 Å². The Labute approximate surface area is 500 Å². The van der Waals surface area contributed by atoms with Crippen LogP contribution in [0.1, 0.15) is 66.8 Å². The van der Waals surface area contributed by atoms with Gasteiger partial charge in [0.25, 0.3) is 0 Å². The van der Waals surface area contributed by atoms with Crippen molar-refractivity contribution in [1.82, 2.24) is 0 Å². The van der Waals surface area contributed by atoms with Gasteiger partial charge in [-0.1, -0.05) is 180 Å². The molecule has 0 amide bonds.